The Morgan fingerprint density at radius 2 is 1.71 bits per heavy atom. The summed E-state index contributed by atoms with van der Waals surface area (Å²) in [5, 5.41) is 0. The number of benzene rings is 1. The Morgan fingerprint density at radius 3 is 2.29 bits per heavy atom. The molecule has 1 radical (unpaired) electrons. The molecule has 1 saturated carbocycles. The van der Waals surface area contributed by atoms with Crippen molar-refractivity contribution in [3.05, 3.63) is 36.4 Å². The summed E-state index contributed by atoms with van der Waals surface area (Å²) in [4.78, 5) is 2.47. The summed E-state index contributed by atoms with van der Waals surface area (Å²) in [6.07, 6.45) is 5.34. The minimum atomic E-state index is 1.10. The highest BCUT2D eigenvalue weighted by molar-refractivity contribution is 5.50. The third-order valence-electron chi connectivity index (χ3n) is 2.95. The van der Waals surface area contributed by atoms with Crippen molar-refractivity contribution in [2.24, 2.45) is 0 Å². The Hall–Kier alpha value is -0.980. The first-order valence-electron chi connectivity index (χ1n) is 5.59. The molecule has 0 atom stereocenters. The molecule has 0 saturated heterocycles. The molecular weight excluding hydrogens is 170 g/mol. The maximum absolute atomic E-state index is 2.47. The van der Waals surface area contributed by atoms with E-state index in [1.54, 1.807) is 6.04 Å². The van der Waals surface area contributed by atoms with Crippen LogP contribution in [-0.2, 0) is 0 Å². The van der Waals surface area contributed by atoms with Gasteiger partial charge in [-0.25, -0.2) is 0 Å². The predicted octanol–water partition coefficient (Wildman–Crippen LogP) is 3.62. The Morgan fingerprint density at radius 1 is 1.07 bits per heavy atom. The highest BCUT2D eigenvalue weighted by atomic mass is 15.2. The maximum atomic E-state index is 2.47. The van der Waals surface area contributed by atoms with E-state index in [0.29, 0.717) is 0 Å². The van der Waals surface area contributed by atoms with Gasteiger partial charge in [0.15, 0.2) is 0 Å². The molecule has 0 unspecified atom stereocenters. The molecule has 0 amide bonds. The van der Waals surface area contributed by atoms with Gasteiger partial charge >= 0.3 is 0 Å². The van der Waals surface area contributed by atoms with Gasteiger partial charge in [-0.1, -0.05) is 31.0 Å². The molecule has 1 aromatic rings. The molecule has 2 rings (SSSR count). The lowest BCUT2D eigenvalue weighted by molar-refractivity contribution is 0.766. The fourth-order valence-electron chi connectivity index (χ4n) is 2.25. The molecule has 0 spiro atoms. The van der Waals surface area contributed by atoms with Gasteiger partial charge in [-0.05, 0) is 31.9 Å². The average Bonchev–Trinajstić information content (AvgIpc) is 2.74. The SMILES string of the molecule is CCN([C]1CCCC1)c1ccccc1. The summed E-state index contributed by atoms with van der Waals surface area (Å²) in [6, 6.07) is 12.3. The summed E-state index contributed by atoms with van der Waals surface area (Å²) >= 11 is 0. The van der Waals surface area contributed by atoms with E-state index >= 15 is 0 Å². The molecule has 0 bridgehead atoms. The van der Waals surface area contributed by atoms with Crippen molar-refractivity contribution in [3.8, 4) is 0 Å². The number of hydrogen-bond donors (Lipinski definition) is 0. The molecule has 1 aromatic carbocycles. The topological polar surface area (TPSA) is 3.24 Å². The van der Waals surface area contributed by atoms with Crippen LogP contribution in [0.25, 0.3) is 0 Å². The average molecular weight is 188 g/mol. The van der Waals surface area contributed by atoms with Gasteiger partial charge in [-0.3, -0.25) is 0 Å². The van der Waals surface area contributed by atoms with E-state index in [2.05, 4.69) is 42.2 Å². The largest absolute Gasteiger partial charge is 0.364 e. The van der Waals surface area contributed by atoms with Crippen LogP contribution < -0.4 is 4.90 Å². The summed E-state index contributed by atoms with van der Waals surface area (Å²) in [5.74, 6) is 0. The first kappa shape index (κ1) is 9.57. The standard InChI is InChI=1S/C13H18N/c1-2-14(13-10-6-7-11-13)12-8-4-3-5-9-12/h3-5,8-9H,2,6-7,10-11H2,1H3. The lowest BCUT2D eigenvalue weighted by Gasteiger charge is -2.28. The lowest BCUT2D eigenvalue weighted by Crippen LogP contribution is -2.26. The second-order valence-corrected chi connectivity index (χ2v) is 3.85. The summed E-state index contributed by atoms with van der Waals surface area (Å²) in [6.45, 7) is 3.33. The summed E-state index contributed by atoms with van der Waals surface area (Å²) in [7, 11) is 0. The molecular formula is C13H18N. The van der Waals surface area contributed by atoms with E-state index < -0.39 is 0 Å². The van der Waals surface area contributed by atoms with Gasteiger partial charge < -0.3 is 4.90 Å². The van der Waals surface area contributed by atoms with E-state index in [0.717, 1.165) is 6.54 Å². The fourth-order valence-corrected chi connectivity index (χ4v) is 2.25. The molecule has 1 fully saturated rings. The van der Waals surface area contributed by atoms with E-state index in [-0.39, 0.29) is 0 Å². The first-order chi connectivity index (χ1) is 6.92. The van der Waals surface area contributed by atoms with Crippen LogP contribution in [0.4, 0.5) is 5.69 Å². The van der Waals surface area contributed by atoms with E-state index in [4.69, 9.17) is 0 Å². The lowest BCUT2D eigenvalue weighted by atomic mass is 10.2. The van der Waals surface area contributed by atoms with Crippen LogP contribution in [0.5, 0.6) is 0 Å². The monoisotopic (exact) mass is 188 g/mol. The van der Waals surface area contributed by atoms with Crippen molar-refractivity contribution >= 4 is 5.69 Å². The predicted molar refractivity (Wildman–Crippen MR) is 61.2 cm³/mol. The number of nitrogens with zero attached hydrogens (tertiary/aromatic N) is 1. The molecule has 75 valence electrons. The second-order valence-electron chi connectivity index (χ2n) is 3.85. The molecule has 0 heterocycles. The third-order valence-corrected chi connectivity index (χ3v) is 2.95. The third kappa shape index (κ3) is 1.92. The van der Waals surface area contributed by atoms with Gasteiger partial charge in [0.05, 0.1) is 6.04 Å². The molecule has 14 heavy (non-hydrogen) atoms. The van der Waals surface area contributed by atoms with Gasteiger partial charge in [0.2, 0.25) is 0 Å². The molecule has 1 aliphatic rings. The minimum Gasteiger partial charge on any atom is -0.364 e. The van der Waals surface area contributed by atoms with Crippen LogP contribution in [0.3, 0.4) is 0 Å². The Labute approximate surface area is 86.7 Å². The molecule has 0 aliphatic heterocycles. The van der Waals surface area contributed by atoms with Crippen LogP contribution in [0.15, 0.2) is 30.3 Å². The quantitative estimate of drug-likeness (QED) is 0.700. The van der Waals surface area contributed by atoms with Gasteiger partial charge in [0.25, 0.3) is 0 Å². The van der Waals surface area contributed by atoms with Crippen molar-refractivity contribution in [2.75, 3.05) is 11.4 Å². The van der Waals surface area contributed by atoms with E-state index in [1.165, 1.54) is 31.4 Å². The Bertz CT molecular complexity index is 262. The maximum Gasteiger partial charge on any atom is 0.0633 e. The molecule has 1 heteroatoms. The number of hydrogen-bond acceptors (Lipinski definition) is 1. The number of para-hydroxylation sites is 1. The van der Waals surface area contributed by atoms with E-state index in [9.17, 15) is 0 Å². The first-order valence-corrected chi connectivity index (χ1v) is 5.59. The van der Waals surface area contributed by atoms with Crippen molar-refractivity contribution in [2.45, 2.75) is 32.6 Å². The fraction of sp³-hybridized carbons (Fsp3) is 0.462. The van der Waals surface area contributed by atoms with Gasteiger partial charge in [0, 0.05) is 12.2 Å². The highest BCUT2D eigenvalue weighted by Gasteiger charge is 2.22. The van der Waals surface area contributed by atoms with Crippen LogP contribution in [0.2, 0.25) is 0 Å². The number of anilines is 1. The van der Waals surface area contributed by atoms with Crippen LogP contribution in [0, 0.1) is 6.04 Å². The smallest absolute Gasteiger partial charge is 0.0633 e. The minimum absolute atomic E-state index is 1.10. The van der Waals surface area contributed by atoms with Crippen molar-refractivity contribution < 1.29 is 0 Å². The highest BCUT2D eigenvalue weighted by Crippen LogP contribution is 2.33. The van der Waals surface area contributed by atoms with E-state index in [1.807, 2.05) is 0 Å². The molecule has 1 aliphatic carbocycles. The van der Waals surface area contributed by atoms with Gasteiger partial charge in [0.1, 0.15) is 0 Å². The molecule has 0 aromatic heterocycles. The van der Waals surface area contributed by atoms with Crippen LogP contribution in [0.1, 0.15) is 32.6 Å². The normalized spacial score (nSPS) is 17.2. The Balaban J connectivity index is 2.12. The van der Waals surface area contributed by atoms with Gasteiger partial charge in [-0.15, -0.1) is 0 Å². The Kier molecular flexibility index (Phi) is 3.07. The molecule has 0 N–H and O–H groups in total. The zero-order chi connectivity index (χ0) is 9.80. The van der Waals surface area contributed by atoms with Gasteiger partial charge in [-0.2, -0.15) is 0 Å². The van der Waals surface area contributed by atoms with Crippen LogP contribution in [-0.4, -0.2) is 6.54 Å². The molecule has 1 nitrogen and oxygen atoms in total. The summed E-state index contributed by atoms with van der Waals surface area (Å²) in [5.41, 5.74) is 1.35. The van der Waals surface area contributed by atoms with Crippen molar-refractivity contribution in [1.82, 2.24) is 0 Å². The van der Waals surface area contributed by atoms with Crippen molar-refractivity contribution in [1.29, 1.82) is 0 Å². The zero-order valence-corrected chi connectivity index (χ0v) is 8.87. The summed E-state index contributed by atoms with van der Waals surface area (Å²) < 4.78 is 0. The van der Waals surface area contributed by atoms with Crippen LogP contribution >= 0.6 is 0 Å². The van der Waals surface area contributed by atoms with Crippen molar-refractivity contribution in [3.63, 3.8) is 0 Å². The second kappa shape index (κ2) is 4.50. The zero-order valence-electron chi connectivity index (χ0n) is 8.87. The number of rotatable bonds is 3.